The Morgan fingerprint density at radius 1 is 1.33 bits per heavy atom. The van der Waals surface area contributed by atoms with Crippen molar-refractivity contribution in [3.8, 4) is 5.13 Å². The number of benzene rings is 1. The van der Waals surface area contributed by atoms with E-state index in [0.717, 1.165) is 10.2 Å². The molecule has 1 aromatic carbocycles. The van der Waals surface area contributed by atoms with Gasteiger partial charge in [-0.05, 0) is 12.1 Å². The third kappa shape index (κ3) is 1.61. The van der Waals surface area contributed by atoms with Gasteiger partial charge in [0.15, 0.2) is 5.82 Å². The van der Waals surface area contributed by atoms with Crippen LogP contribution >= 0.6 is 11.3 Å². The maximum absolute atomic E-state index is 11.1. The number of thiazole rings is 1. The number of nitrogen functional groups attached to an aromatic ring is 1. The largest absolute Gasteiger partial charge is 0.382 e. The molecular weight excluding hydrogens is 250 g/mol. The summed E-state index contributed by atoms with van der Waals surface area (Å²) in [5, 5.41) is 4.69. The first-order valence-corrected chi connectivity index (χ1v) is 5.97. The summed E-state index contributed by atoms with van der Waals surface area (Å²) in [6.07, 6.45) is 1.50. The van der Waals surface area contributed by atoms with Crippen LogP contribution in [0.15, 0.2) is 30.5 Å². The van der Waals surface area contributed by atoms with Gasteiger partial charge < -0.3 is 11.5 Å². The number of primary amides is 1. The molecule has 2 aromatic heterocycles. The molecule has 2 heterocycles. The lowest BCUT2D eigenvalue weighted by atomic mass is 10.3. The zero-order valence-corrected chi connectivity index (χ0v) is 10.0. The lowest BCUT2D eigenvalue weighted by Crippen LogP contribution is -2.11. The van der Waals surface area contributed by atoms with Crippen molar-refractivity contribution in [3.63, 3.8) is 0 Å². The normalized spacial score (nSPS) is 10.9. The van der Waals surface area contributed by atoms with Crippen LogP contribution in [0.3, 0.4) is 0 Å². The number of nitrogens with zero attached hydrogens (tertiary/aromatic N) is 3. The highest BCUT2D eigenvalue weighted by molar-refractivity contribution is 7.20. The van der Waals surface area contributed by atoms with Gasteiger partial charge in [-0.3, -0.25) is 4.79 Å². The van der Waals surface area contributed by atoms with Gasteiger partial charge in [-0.25, -0.2) is 9.67 Å². The van der Waals surface area contributed by atoms with Crippen LogP contribution in [0, 0.1) is 0 Å². The van der Waals surface area contributed by atoms with Crippen LogP contribution in [0.4, 0.5) is 5.82 Å². The van der Waals surface area contributed by atoms with Gasteiger partial charge in [-0.1, -0.05) is 23.5 Å². The quantitative estimate of drug-likeness (QED) is 0.721. The molecule has 3 rings (SSSR count). The van der Waals surface area contributed by atoms with Crippen molar-refractivity contribution in [2.45, 2.75) is 0 Å². The van der Waals surface area contributed by atoms with Crippen LogP contribution < -0.4 is 11.5 Å². The first kappa shape index (κ1) is 10.7. The van der Waals surface area contributed by atoms with E-state index in [-0.39, 0.29) is 11.4 Å². The summed E-state index contributed by atoms with van der Waals surface area (Å²) >= 11 is 1.47. The Labute approximate surface area is 106 Å². The maximum Gasteiger partial charge on any atom is 0.254 e. The van der Waals surface area contributed by atoms with Gasteiger partial charge in [-0.2, -0.15) is 0 Å². The van der Waals surface area contributed by atoms with Crippen LogP contribution in [0.1, 0.15) is 10.4 Å². The van der Waals surface area contributed by atoms with E-state index in [4.69, 9.17) is 11.5 Å². The molecule has 0 fully saturated rings. The molecule has 3 aromatic rings. The number of anilines is 1. The standard InChI is InChI=1S/C11H9N5OS/c12-9-6(10(13)17)5-16(15-9)11-14-7-3-1-2-4-8(7)18-11/h1-5H,(H2,12,15)(H2,13,17). The maximum atomic E-state index is 11.1. The molecule has 0 spiro atoms. The molecule has 7 heteroatoms. The molecule has 4 N–H and O–H groups in total. The number of nitrogens with two attached hydrogens (primary N) is 2. The Morgan fingerprint density at radius 2 is 2.11 bits per heavy atom. The predicted octanol–water partition coefficient (Wildman–Crippen LogP) is 1.16. The van der Waals surface area contributed by atoms with Crippen LogP contribution in [0.5, 0.6) is 0 Å². The van der Waals surface area contributed by atoms with Crippen molar-refractivity contribution in [1.29, 1.82) is 0 Å². The van der Waals surface area contributed by atoms with Gasteiger partial charge in [0.1, 0.15) is 5.56 Å². The molecule has 0 aliphatic carbocycles. The number of aromatic nitrogens is 3. The Balaban J connectivity index is 2.14. The van der Waals surface area contributed by atoms with E-state index < -0.39 is 5.91 Å². The minimum absolute atomic E-state index is 0.113. The van der Waals surface area contributed by atoms with E-state index in [1.807, 2.05) is 24.3 Å². The third-order valence-corrected chi connectivity index (χ3v) is 3.51. The Bertz CT molecular complexity index is 712. The van der Waals surface area contributed by atoms with Gasteiger partial charge in [0.05, 0.1) is 10.2 Å². The van der Waals surface area contributed by atoms with Gasteiger partial charge in [0.25, 0.3) is 5.91 Å². The van der Waals surface area contributed by atoms with Gasteiger partial charge >= 0.3 is 0 Å². The lowest BCUT2D eigenvalue weighted by molar-refractivity contribution is 0.100. The van der Waals surface area contributed by atoms with Crippen LogP contribution in [0.25, 0.3) is 15.3 Å². The summed E-state index contributed by atoms with van der Waals surface area (Å²) in [5.41, 5.74) is 11.9. The fraction of sp³-hybridized carbons (Fsp3) is 0. The predicted molar refractivity (Wildman–Crippen MR) is 69.7 cm³/mol. The number of amides is 1. The molecule has 0 bridgehead atoms. The summed E-state index contributed by atoms with van der Waals surface area (Å²) in [4.78, 5) is 15.5. The molecule has 6 nitrogen and oxygen atoms in total. The molecule has 0 aliphatic heterocycles. The minimum atomic E-state index is -0.597. The zero-order valence-electron chi connectivity index (χ0n) is 9.20. The van der Waals surface area contributed by atoms with E-state index in [2.05, 4.69) is 10.1 Å². The van der Waals surface area contributed by atoms with Crippen LogP contribution in [-0.4, -0.2) is 20.7 Å². The van der Waals surface area contributed by atoms with Crippen molar-refractivity contribution in [1.82, 2.24) is 14.8 Å². The minimum Gasteiger partial charge on any atom is -0.382 e. The average molecular weight is 259 g/mol. The number of hydrogen-bond acceptors (Lipinski definition) is 5. The number of fused-ring (bicyclic) bond motifs is 1. The number of carbonyl (C=O) groups excluding carboxylic acids is 1. The van der Waals surface area contributed by atoms with Gasteiger partial charge in [0, 0.05) is 6.20 Å². The molecule has 18 heavy (non-hydrogen) atoms. The first-order chi connectivity index (χ1) is 8.65. The first-order valence-electron chi connectivity index (χ1n) is 5.16. The number of hydrogen-bond donors (Lipinski definition) is 2. The van der Waals surface area contributed by atoms with E-state index in [0.29, 0.717) is 5.13 Å². The van der Waals surface area contributed by atoms with E-state index in [1.54, 1.807) is 0 Å². The summed E-state index contributed by atoms with van der Waals surface area (Å²) in [5.74, 6) is -0.485. The fourth-order valence-electron chi connectivity index (χ4n) is 1.63. The highest BCUT2D eigenvalue weighted by Gasteiger charge is 2.14. The lowest BCUT2D eigenvalue weighted by Gasteiger charge is -1.91. The second-order valence-electron chi connectivity index (χ2n) is 3.70. The van der Waals surface area contributed by atoms with E-state index in [1.165, 1.54) is 22.2 Å². The smallest absolute Gasteiger partial charge is 0.254 e. The Hall–Kier alpha value is -2.41. The van der Waals surface area contributed by atoms with Crippen LogP contribution in [0.2, 0.25) is 0 Å². The van der Waals surface area contributed by atoms with Gasteiger partial charge in [-0.15, -0.1) is 5.10 Å². The SMILES string of the molecule is NC(=O)c1cn(-c2nc3ccccc3s2)nc1N. The summed E-state index contributed by atoms with van der Waals surface area (Å²) in [6, 6.07) is 7.74. The second kappa shape index (κ2) is 3.81. The number of para-hydroxylation sites is 1. The molecule has 0 radical (unpaired) electrons. The Morgan fingerprint density at radius 3 is 2.78 bits per heavy atom. The van der Waals surface area contributed by atoms with Crippen molar-refractivity contribution >= 4 is 33.3 Å². The second-order valence-corrected chi connectivity index (χ2v) is 4.71. The summed E-state index contributed by atoms with van der Waals surface area (Å²) in [7, 11) is 0. The number of carbonyl (C=O) groups is 1. The molecule has 0 saturated heterocycles. The summed E-state index contributed by atoms with van der Waals surface area (Å²) in [6.45, 7) is 0. The van der Waals surface area contributed by atoms with Crippen molar-refractivity contribution < 1.29 is 4.79 Å². The molecule has 0 atom stereocenters. The third-order valence-electron chi connectivity index (χ3n) is 2.49. The van der Waals surface area contributed by atoms with Crippen molar-refractivity contribution in [2.24, 2.45) is 5.73 Å². The van der Waals surface area contributed by atoms with Crippen LogP contribution in [-0.2, 0) is 0 Å². The zero-order chi connectivity index (χ0) is 12.7. The summed E-state index contributed by atoms with van der Waals surface area (Å²) < 4.78 is 2.52. The van der Waals surface area contributed by atoms with Crippen molar-refractivity contribution in [3.05, 3.63) is 36.0 Å². The number of rotatable bonds is 2. The molecule has 0 saturated carbocycles. The highest BCUT2D eigenvalue weighted by atomic mass is 32.1. The highest BCUT2D eigenvalue weighted by Crippen LogP contribution is 2.25. The van der Waals surface area contributed by atoms with E-state index in [9.17, 15) is 4.79 Å². The average Bonchev–Trinajstić information content (AvgIpc) is 2.91. The molecular formula is C11H9N5OS. The molecule has 1 amide bonds. The van der Waals surface area contributed by atoms with Gasteiger partial charge in [0.2, 0.25) is 5.13 Å². The molecule has 0 unspecified atom stereocenters. The van der Waals surface area contributed by atoms with E-state index >= 15 is 0 Å². The fourth-order valence-corrected chi connectivity index (χ4v) is 2.53. The monoisotopic (exact) mass is 259 g/mol. The molecule has 0 aliphatic rings. The topological polar surface area (TPSA) is 99.8 Å². The Kier molecular flexibility index (Phi) is 2.27. The van der Waals surface area contributed by atoms with Crippen molar-refractivity contribution in [2.75, 3.05) is 5.73 Å². The molecule has 90 valence electrons.